The summed E-state index contributed by atoms with van der Waals surface area (Å²) >= 11 is 8.87. The van der Waals surface area contributed by atoms with Crippen molar-refractivity contribution in [2.45, 2.75) is 18.1 Å². The molecule has 0 fully saturated rings. The number of carbonyl (C=O) groups is 1. The highest BCUT2D eigenvalue weighted by molar-refractivity contribution is 7.99. The van der Waals surface area contributed by atoms with Gasteiger partial charge in [-0.1, -0.05) is 23.4 Å². The lowest BCUT2D eigenvalue weighted by atomic mass is 10.1. The predicted molar refractivity (Wildman–Crippen MR) is 149 cm³/mol. The summed E-state index contributed by atoms with van der Waals surface area (Å²) < 4.78 is 12.2. The van der Waals surface area contributed by atoms with Crippen LogP contribution in [0.15, 0.2) is 52.4 Å². The molecule has 2 aromatic heterocycles. The first-order valence-corrected chi connectivity index (χ1v) is 13.7. The van der Waals surface area contributed by atoms with Gasteiger partial charge in [-0.15, -0.1) is 11.3 Å². The van der Waals surface area contributed by atoms with Crippen LogP contribution in [0.1, 0.15) is 10.4 Å². The predicted octanol–water partition coefficient (Wildman–Crippen LogP) is 4.84. The lowest BCUT2D eigenvalue weighted by Gasteiger charge is -2.21. The summed E-state index contributed by atoms with van der Waals surface area (Å²) in [6.45, 7) is 1.69. The van der Waals surface area contributed by atoms with Gasteiger partial charge in [-0.3, -0.25) is 14.2 Å². The van der Waals surface area contributed by atoms with Crippen molar-refractivity contribution in [3.05, 3.63) is 68.3 Å². The quantitative estimate of drug-likeness (QED) is 0.257. The van der Waals surface area contributed by atoms with Crippen molar-refractivity contribution in [1.82, 2.24) is 14.5 Å². The van der Waals surface area contributed by atoms with Crippen LogP contribution in [0.5, 0.6) is 11.5 Å². The molecule has 8 nitrogen and oxygen atoms in total. The molecule has 5 rings (SSSR count). The number of amides is 1. The fourth-order valence-corrected chi connectivity index (χ4v) is 6.56. The molecule has 0 saturated heterocycles. The number of fused-ring (bicyclic) bond motifs is 3. The normalized spacial score (nSPS) is 13.4. The summed E-state index contributed by atoms with van der Waals surface area (Å²) in [5.41, 5.74) is 2.13. The van der Waals surface area contributed by atoms with Crippen molar-refractivity contribution in [1.29, 1.82) is 0 Å². The van der Waals surface area contributed by atoms with E-state index in [-0.39, 0.29) is 17.2 Å². The monoisotopic (exact) mass is 556 g/mol. The Morgan fingerprint density at radius 2 is 1.97 bits per heavy atom. The number of carbonyl (C=O) groups excluding carboxylic acids is 1. The van der Waals surface area contributed by atoms with Crippen LogP contribution in [0, 0.1) is 0 Å². The largest absolute Gasteiger partial charge is 0.497 e. The third-order valence-electron chi connectivity index (χ3n) is 6.13. The molecule has 0 saturated carbocycles. The summed E-state index contributed by atoms with van der Waals surface area (Å²) in [6, 6.07) is 12.2. The van der Waals surface area contributed by atoms with Gasteiger partial charge in [-0.25, -0.2) is 4.98 Å². The Morgan fingerprint density at radius 1 is 1.19 bits per heavy atom. The van der Waals surface area contributed by atoms with Gasteiger partial charge in [0.15, 0.2) is 5.16 Å². The molecule has 11 heteroatoms. The van der Waals surface area contributed by atoms with E-state index in [9.17, 15) is 9.59 Å². The molecule has 1 amide bonds. The molecule has 4 aromatic rings. The van der Waals surface area contributed by atoms with Gasteiger partial charge < -0.3 is 19.7 Å². The van der Waals surface area contributed by atoms with Gasteiger partial charge in [-0.2, -0.15) is 0 Å². The number of nitrogens with zero attached hydrogens (tertiary/aromatic N) is 3. The number of thioether (sulfide) groups is 1. The average Bonchev–Trinajstić information content (AvgIpc) is 3.26. The minimum atomic E-state index is -0.252. The maximum absolute atomic E-state index is 13.9. The van der Waals surface area contributed by atoms with Crippen molar-refractivity contribution >= 4 is 56.5 Å². The molecule has 3 heterocycles. The minimum Gasteiger partial charge on any atom is -0.497 e. The molecule has 0 atom stereocenters. The Hall–Kier alpha value is -3.05. The molecule has 37 heavy (non-hydrogen) atoms. The Bertz CT molecular complexity index is 1530. The van der Waals surface area contributed by atoms with E-state index < -0.39 is 0 Å². The van der Waals surface area contributed by atoms with E-state index >= 15 is 0 Å². The first kappa shape index (κ1) is 25.6. The number of thiophene rings is 1. The fraction of sp³-hybridized carbons (Fsp3) is 0.269. The number of hydrogen-bond acceptors (Lipinski definition) is 8. The molecule has 1 aliphatic heterocycles. The molecule has 0 aliphatic carbocycles. The van der Waals surface area contributed by atoms with E-state index in [1.165, 1.54) is 23.7 Å². The number of halogens is 1. The van der Waals surface area contributed by atoms with Crippen LogP contribution in [-0.4, -0.2) is 53.9 Å². The second-order valence-corrected chi connectivity index (χ2v) is 11.0. The van der Waals surface area contributed by atoms with Crippen molar-refractivity contribution in [3.8, 4) is 17.2 Å². The van der Waals surface area contributed by atoms with Gasteiger partial charge in [0, 0.05) is 29.1 Å². The summed E-state index contributed by atoms with van der Waals surface area (Å²) in [7, 11) is 5.17. The number of benzene rings is 2. The molecular weight excluding hydrogens is 532 g/mol. The Morgan fingerprint density at radius 3 is 2.70 bits per heavy atom. The number of ether oxygens (including phenoxy) is 2. The maximum Gasteiger partial charge on any atom is 0.267 e. The van der Waals surface area contributed by atoms with Crippen LogP contribution in [0.4, 0.5) is 5.69 Å². The second kappa shape index (κ2) is 10.7. The smallest absolute Gasteiger partial charge is 0.267 e. The van der Waals surface area contributed by atoms with Crippen molar-refractivity contribution < 1.29 is 14.3 Å². The number of anilines is 1. The summed E-state index contributed by atoms with van der Waals surface area (Å²) in [6.07, 6.45) is 0.808. The van der Waals surface area contributed by atoms with Crippen LogP contribution in [0.25, 0.3) is 15.9 Å². The topological polar surface area (TPSA) is 85.7 Å². The van der Waals surface area contributed by atoms with Gasteiger partial charge in [0.2, 0.25) is 5.91 Å². The standard InChI is InChI=1S/C26H25ClN4O4S2/c1-30-11-10-18-21(13-30)37-24-23(18)25(33)31(16-6-4-15(27)5-7-16)26(29-24)36-14-22(32)28-19-9-8-17(34-2)12-20(19)35-3/h4-9,12H,10-11,13-14H2,1-3H3,(H,28,32). The summed E-state index contributed by atoms with van der Waals surface area (Å²) in [5, 5.41) is 4.56. The highest BCUT2D eigenvalue weighted by Crippen LogP contribution is 2.34. The van der Waals surface area contributed by atoms with Crippen LogP contribution in [0.2, 0.25) is 5.02 Å². The van der Waals surface area contributed by atoms with E-state index in [1.807, 2.05) is 0 Å². The van der Waals surface area contributed by atoms with Crippen LogP contribution in [0.3, 0.4) is 0 Å². The summed E-state index contributed by atoms with van der Waals surface area (Å²) in [5.74, 6) is 0.912. The van der Waals surface area contributed by atoms with E-state index in [4.69, 9.17) is 26.1 Å². The van der Waals surface area contributed by atoms with Crippen molar-refractivity contribution in [3.63, 3.8) is 0 Å². The Labute approximate surface area is 227 Å². The SMILES string of the molecule is COc1ccc(NC(=O)CSc2nc3sc4c(c3c(=O)n2-c2ccc(Cl)cc2)CCN(C)C4)c(OC)c1. The molecular formula is C26H25ClN4O4S2. The zero-order valence-electron chi connectivity index (χ0n) is 20.5. The third kappa shape index (κ3) is 5.19. The molecule has 0 radical (unpaired) electrons. The van der Waals surface area contributed by atoms with Crippen LogP contribution in [-0.2, 0) is 17.8 Å². The summed E-state index contributed by atoms with van der Waals surface area (Å²) in [4.78, 5) is 35.7. The number of aromatic nitrogens is 2. The molecule has 192 valence electrons. The molecule has 2 aromatic carbocycles. The first-order chi connectivity index (χ1) is 17.9. The minimum absolute atomic E-state index is 0.0501. The highest BCUT2D eigenvalue weighted by atomic mass is 35.5. The van der Waals surface area contributed by atoms with Gasteiger partial charge in [0.1, 0.15) is 16.3 Å². The number of hydrogen-bond donors (Lipinski definition) is 1. The fourth-order valence-electron chi connectivity index (χ4n) is 4.28. The second-order valence-electron chi connectivity index (χ2n) is 8.59. The van der Waals surface area contributed by atoms with E-state index in [0.29, 0.717) is 43.3 Å². The number of likely N-dealkylation sites (N-methyl/N-ethyl adjacent to an activating group) is 1. The van der Waals surface area contributed by atoms with Gasteiger partial charge in [0.05, 0.1) is 36.7 Å². The Kier molecular flexibility index (Phi) is 7.43. The van der Waals surface area contributed by atoms with Crippen LogP contribution < -0.4 is 20.3 Å². The highest BCUT2D eigenvalue weighted by Gasteiger charge is 2.25. The zero-order valence-corrected chi connectivity index (χ0v) is 22.9. The van der Waals surface area contributed by atoms with E-state index in [0.717, 1.165) is 25.1 Å². The Balaban J connectivity index is 1.49. The van der Waals surface area contributed by atoms with E-state index in [2.05, 4.69) is 17.3 Å². The molecule has 0 bridgehead atoms. The lowest BCUT2D eigenvalue weighted by Crippen LogP contribution is -2.27. The molecule has 0 spiro atoms. The average molecular weight is 557 g/mol. The van der Waals surface area contributed by atoms with Gasteiger partial charge in [0.25, 0.3) is 5.56 Å². The molecule has 1 N–H and O–H groups in total. The number of nitrogens with one attached hydrogen (secondary N) is 1. The zero-order chi connectivity index (χ0) is 26.1. The lowest BCUT2D eigenvalue weighted by molar-refractivity contribution is -0.113. The van der Waals surface area contributed by atoms with Crippen molar-refractivity contribution in [2.24, 2.45) is 0 Å². The maximum atomic E-state index is 13.9. The number of methoxy groups -OCH3 is 2. The van der Waals surface area contributed by atoms with E-state index in [1.54, 1.807) is 65.5 Å². The van der Waals surface area contributed by atoms with Gasteiger partial charge >= 0.3 is 0 Å². The number of rotatable bonds is 7. The third-order valence-corrected chi connectivity index (χ3v) is 8.44. The van der Waals surface area contributed by atoms with Gasteiger partial charge in [-0.05, 0) is 55.4 Å². The molecule has 1 aliphatic rings. The van der Waals surface area contributed by atoms with Crippen molar-refractivity contribution in [2.75, 3.05) is 38.9 Å². The first-order valence-electron chi connectivity index (χ1n) is 11.5. The van der Waals surface area contributed by atoms with Crippen LogP contribution >= 0.6 is 34.7 Å². The molecule has 0 unspecified atom stereocenters.